The Morgan fingerprint density at radius 1 is 1.24 bits per heavy atom. The van der Waals surface area contributed by atoms with Crippen molar-refractivity contribution in [2.45, 2.75) is 13.3 Å². The van der Waals surface area contributed by atoms with Crippen molar-refractivity contribution in [3.63, 3.8) is 0 Å². The van der Waals surface area contributed by atoms with Crippen LogP contribution in [0.1, 0.15) is 23.7 Å². The molecule has 0 radical (unpaired) electrons. The number of hydrogen-bond donors (Lipinski definition) is 2. The second-order valence-corrected chi connectivity index (χ2v) is 5.19. The largest absolute Gasteiger partial charge is 0.273 e. The third-order valence-electron chi connectivity index (χ3n) is 2.85. The molecule has 90 valence electrons. The predicted molar refractivity (Wildman–Crippen MR) is 67.0 cm³/mol. The zero-order chi connectivity index (χ0) is 12.4. The van der Waals surface area contributed by atoms with E-state index in [-0.39, 0.29) is 17.7 Å². The van der Waals surface area contributed by atoms with E-state index in [4.69, 9.17) is 0 Å². The van der Waals surface area contributed by atoms with Gasteiger partial charge in [-0.15, -0.1) is 0 Å². The topological polar surface area (TPSA) is 58.2 Å². The van der Waals surface area contributed by atoms with Gasteiger partial charge in [0.15, 0.2) is 0 Å². The molecule has 2 atom stereocenters. The van der Waals surface area contributed by atoms with E-state index < -0.39 is 0 Å². The number of carbonyl (C=O) groups excluding carboxylic acids is 2. The smallest absolute Gasteiger partial charge is 0.269 e. The molecule has 4 nitrogen and oxygen atoms in total. The minimum Gasteiger partial charge on any atom is -0.273 e. The van der Waals surface area contributed by atoms with E-state index in [0.29, 0.717) is 11.5 Å². The van der Waals surface area contributed by atoms with Crippen molar-refractivity contribution in [2.75, 3.05) is 0 Å². The molecule has 5 heteroatoms. The van der Waals surface area contributed by atoms with Gasteiger partial charge in [0.1, 0.15) is 0 Å². The molecule has 1 aromatic rings. The lowest BCUT2D eigenvalue weighted by molar-refractivity contribution is -0.123. The number of amides is 2. The highest BCUT2D eigenvalue weighted by molar-refractivity contribution is 9.10. The number of halogens is 1. The fourth-order valence-corrected chi connectivity index (χ4v) is 1.84. The molecule has 0 aromatic heterocycles. The first-order valence-corrected chi connectivity index (χ1v) is 6.23. The zero-order valence-electron chi connectivity index (χ0n) is 9.37. The molecule has 1 aromatic carbocycles. The second kappa shape index (κ2) is 4.87. The number of hydrogen-bond acceptors (Lipinski definition) is 2. The van der Waals surface area contributed by atoms with Crippen LogP contribution >= 0.6 is 15.9 Å². The molecule has 0 aliphatic heterocycles. The summed E-state index contributed by atoms with van der Waals surface area (Å²) < 4.78 is 0.907. The normalized spacial score (nSPS) is 21.8. The maximum absolute atomic E-state index is 11.6. The van der Waals surface area contributed by atoms with Crippen LogP contribution < -0.4 is 10.9 Å². The van der Waals surface area contributed by atoms with E-state index in [1.165, 1.54) is 0 Å². The van der Waals surface area contributed by atoms with Gasteiger partial charge in [-0.1, -0.05) is 22.9 Å². The van der Waals surface area contributed by atoms with Crippen molar-refractivity contribution in [1.82, 2.24) is 10.9 Å². The summed E-state index contributed by atoms with van der Waals surface area (Å²) >= 11 is 3.29. The molecule has 0 saturated heterocycles. The third kappa shape index (κ3) is 3.06. The second-order valence-electron chi connectivity index (χ2n) is 4.27. The Morgan fingerprint density at radius 3 is 2.35 bits per heavy atom. The highest BCUT2D eigenvalue weighted by Gasteiger charge is 2.39. The minimum absolute atomic E-state index is 0.0558. The Hall–Kier alpha value is -1.36. The maximum Gasteiger partial charge on any atom is 0.269 e. The summed E-state index contributed by atoms with van der Waals surface area (Å²) in [5.41, 5.74) is 5.36. The number of hydrazine groups is 1. The van der Waals surface area contributed by atoms with Gasteiger partial charge >= 0.3 is 0 Å². The summed E-state index contributed by atoms with van der Waals surface area (Å²) in [6.07, 6.45) is 0.903. The summed E-state index contributed by atoms with van der Waals surface area (Å²) in [5, 5.41) is 0. The van der Waals surface area contributed by atoms with Gasteiger partial charge in [-0.25, -0.2) is 0 Å². The molecule has 0 heterocycles. The van der Waals surface area contributed by atoms with Crippen molar-refractivity contribution in [1.29, 1.82) is 0 Å². The van der Waals surface area contributed by atoms with E-state index >= 15 is 0 Å². The molecule has 1 aliphatic carbocycles. The first kappa shape index (κ1) is 12.1. The highest BCUT2D eigenvalue weighted by atomic mass is 79.9. The molecular formula is C12H13BrN2O2. The van der Waals surface area contributed by atoms with Crippen molar-refractivity contribution in [2.24, 2.45) is 11.8 Å². The summed E-state index contributed by atoms with van der Waals surface area (Å²) in [4.78, 5) is 23.1. The number of benzene rings is 1. The lowest BCUT2D eigenvalue weighted by Crippen LogP contribution is -2.42. The quantitative estimate of drug-likeness (QED) is 0.819. The Labute approximate surface area is 108 Å². The van der Waals surface area contributed by atoms with E-state index in [0.717, 1.165) is 10.9 Å². The molecule has 1 fully saturated rings. The Morgan fingerprint density at radius 2 is 1.82 bits per heavy atom. The monoisotopic (exact) mass is 296 g/mol. The fraction of sp³-hybridized carbons (Fsp3) is 0.333. The standard InChI is InChI=1S/C12H13BrN2O2/c1-7-6-10(7)12(17)15-14-11(16)8-2-4-9(13)5-3-8/h2-5,7,10H,6H2,1H3,(H,14,16)(H,15,17). The van der Waals surface area contributed by atoms with Gasteiger partial charge in [0, 0.05) is 16.0 Å². The van der Waals surface area contributed by atoms with Crippen LogP contribution in [-0.2, 0) is 4.79 Å². The molecule has 0 spiro atoms. The van der Waals surface area contributed by atoms with E-state index in [2.05, 4.69) is 26.8 Å². The zero-order valence-corrected chi connectivity index (χ0v) is 11.0. The first-order valence-electron chi connectivity index (χ1n) is 5.43. The summed E-state index contributed by atoms with van der Waals surface area (Å²) in [7, 11) is 0. The number of rotatable bonds is 2. The Bertz CT molecular complexity index is 444. The van der Waals surface area contributed by atoms with Crippen LogP contribution in [0.5, 0.6) is 0 Å². The number of nitrogens with one attached hydrogen (secondary N) is 2. The molecule has 1 aliphatic rings. The van der Waals surface area contributed by atoms with Crippen molar-refractivity contribution in [3.8, 4) is 0 Å². The molecule has 17 heavy (non-hydrogen) atoms. The van der Waals surface area contributed by atoms with Gasteiger partial charge in [-0.3, -0.25) is 20.4 Å². The average Bonchev–Trinajstić information content (AvgIpc) is 3.04. The highest BCUT2D eigenvalue weighted by Crippen LogP contribution is 2.37. The maximum atomic E-state index is 11.6. The van der Waals surface area contributed by atoms with E-state index in [1.807, 2.05) is 6.92 Å². The molecular weight excluding hydrogens is 284 g/mol. The van der Waals surface area contributed by atoms with Crippen LogP contribution in [-0.4, -0.2) is 11.8 Å². The molecule has 2 N–H and O–H groups in total. The van der Waals surface area contributed by atoms with E-state index in [9.17, 15) is 9.59 Å². The van der Waals surface area contributed by atoms with Gasteiger partial charge in [-0.05, 0) is 36.6 Å². The molecule has 2 rings (SSSR count). The Kier molecular flexibility index (Phi) is 3.47. The summed E-state index contributed by atoms with van der Waals surface area (Å²) in [5.74, 6) is 0.0712. The third-order valence-corrected chi connectivity index (χ3v) is 3.38. The van der Waals surface area contributed by atoms with Crippen LogP contribution in [0, 0.1) is 11.8 Å². The molecule has 0 bridgehead atoms. The van der Waals surface area contributed by atoms with Crippen LogP contribution in [0.3, 0.4) is 0 Å². The van der Waals surface area contributed by atoms with Crippen LogP contribution in [0.2, 0.25) is 0 Å². The van der Waals surface area contributed by atoms with Gasteiger partial charge in [0.25, 0.3) is 5.91 Å². The Balaban J connectivity index is 1.85. The van der Waals surface area contributed by atoms with Crippen molar-refractivity contribution >= 4 is 27.7 Å². The van der Waals surface area contributed by atoms with Crippen LogP contribution in [0.4, 0.5) is 0 Å². The minimum atomic E-state index is -0.306. The summed E-state index contributed by atoms with van der Waals surface area (Å²) in [6.45, 7) is 2.01. The van der Waals surface area contributed by atoms with Gasteiger partial charge in [-0.2, -0.15) is 0 Å². The fourth-order valence-electron chi connectivity index (χ4n) is 1.57. The molecule has 2 unspecified atom stereocenters. The van der Waals surface area contributed by atoms with Gasteiger partial charge < -0.3 is 0 Å². The number of carbonyl (C=O) groups is 2. The van der Waals surface area contributed by atoms with Crippen molar-refractivity contribution < 1.29 is 9.59 Å². The lowest BCUT2D eigenvalue weighted by Gasteiger charge is -2.06. The average molecular weight is 297 g/mol. The van der Waals surface area contributed by atoms with Crippen molar-refractivity contribution in [3.05, 3.63) is 34.3 Å². The SMILES string of the molecule is CC1CC1C(=O)NNC(=O)c1ccc(Br)cc1. The van der Waals surface area contributed by atoms with Crippen LogP contribution in [0.25, 0.3) is 0 Å². The van der Waals surface area contributed by atoms with Crippen LogP contribution in [0.15, 0.2) is 28.7 Å². The predicted octanol–water partition coefficient (Wildman–Crippen LogP) is 1.87. The van der Waals surface area contributed by atoms with E-state index in [1.54, 1.807) is 24.3 Å². The summed E-state index contributed by atoms with van der Waals surface area (Å²) in [6, 6.07) is 6.93. The molecule has 2 amide bonds. The molecule has 1 saturated carbocycles. The van der Waals surface area contributed by atoms with Gasteiger partial charge in [0.2, 0.25) is 5.91 Å². The van der Waals surface area contributed by atoms with Gasteiger partial charge in [0.05, 0.1) is 0 Å². The lowest BCUT2D eigenvalue weighted by atomic mass is 10.2. The first-order chi connectivity index (χ1) is 8.08.